The van der Waals surface area contributed by atoms with Crippen LogP contribution in [0.3, 0.4) is 0 Å². The average molecular weight is 180 g/mol. The number of alkyl halides is 1. The van der Waals surface area contributed by atoms with E-state index in [9.17, 15) is 4.39 Å². The van der Waals surface area contributed by atoms with Gasteiger partial charge in [-0.25, -0.2) is 4.39 Å². The maximum Gasteiger partial charge on any atom is 0.125 e. The monoisotopic (exact) mass is 180 g/mol. The Kier molecular flexibility index (Phi) is 2.21. The molecular weight excluding hydrogens is 167 g/mol. The minimum absolute atomic E-state index is 0.666. The molecule has 0 saturated heterocycles. The highest BCUT2D eigenvalue weighted by molar-refractivity contribution is 5.38. The Morgan fingerprint density at radius 3 is 3.08 bits per heavy atom. The van der Waals surface area contributed by atoms with Gasteiger partial charge < -0.3 is 4.74 Å². The van der Waals surface area contributed by atoms with E-state index in [1.807, 2.05) is 18.2 Å². The highest BCUT2D eigenvalue weighted by Crippen LogP contribution is 2.34. The molecule has 0 bridgehead atoms. The molecule has 1 unspecified atom stereocenters. The van der Waals surface area contributed by atoms with Gasteiger partial charge in [-0.3, -0.25) is 0 Å². The summed E-state index contributed by atoms with van der Waals surface area (Å²) in [6.45, 7) is 0. The minimum Gasteiger partial charge on any atom is -0.497 e. The predicted octanol–water partition coefficient (Wildman–Crippen LogP) is 3.04. The van der Waals surface area contributed by atoms with Crippen molar-refractivity contribution in [1.82, 2.24) is 0 Å². The molecule has 0 saturated carbocycles. The fourth-order valence-electron chi connectivity index (χ4n) is 1.86. The second-order valence-corrected chi connectivity index (χ2v) is 3.42. The molecule has 0 aliphatic heterocycles. The molecule has 1 aliphatic carbocycles. The van der Waals surface area contributed by atoms with Gasteiger partial charge in [-0.05, 0) is 42.5 Å². The molecule has 1 aliphatic rings. The fourth-order valence-corrected chi connectivity index (χ4v) is 1.86. The van der Waals surface area contributed by atoms with Crippen molar-refractivity contribution in [2.24, 2.45) is 0 Å². The Morgan fingerprint density at radius 2 is 2.31 bits per heavy atom. The van der Waals surface area contributed by atoms with Crippen LogP contribution in [0.2, 0.25) is 0 Å². The van der Waals surface area contributed by atoms with Gasteiger partial charge in [0.15, 0.2) is 0 Å². The summed E-state index contributed by atoms with van der Waals surface area (Å²) in [7, 11) is 1.64. The van der Waals surface area contributed by atoms with E-state index in [0.29, 0.717) is 6.42 Å². The molecule has 1 aromatic carbocycles. The van der Waals surface area contributed by atoms with Gasteiger partial charge in [0.25, 0.3) is 0 Å². The van der Waals surface area contributed by atoms with E-state index in [0.717, 1.165) is 29.7 Å². The molecule has 0 fully saturated rings. The maximum absolute atomic E-state index is 13.4. The third kappa shape index (κ3) is 1.53. The summed E-state index contributed by atoms with van der Waals surface area (Å²) in [4.78, 5) is 0. The number of rotatable bonds is 1. The van der Waals surface area contributed by atoms with E-state index in [1.165, 1.54) is 0 Å². The van der Waals surface area contributed by atoms with Crippen molar-refractivity contribution in [2.45, 2.75) is 25.4 Å². The molecule has 70 valence electrons. The molecule has 1 nitrogen and oxygen atoms in total. The number of halogens is 1. The van der Waals surface area contributed by atoms with Crippen LogP contribution >= 0.6 is 0 Å². The average Bonchev–Trinajstić information content (AvgIpc) is 2.18. The molecule has 0 spiro atoms. The molecule has 13 heavy (non-hydrogen) atoms. The standard InChI is InChI=1S/C11H13FO/c1-13-9-5-6-10-8(7-9)3-2-4-11(10)12/h5-7,11H,2-4H2,1H3. The van der Waals surface area contributed by atoms with Crippen molar-refractivity contribution in [1.29, 1.82) is 0 Å². The smallest absolute Gasteiger partial charge is 0.125 e. The second kappa shape index (κ2) is 3.36. The Labute approximate surface area is 77.5 Å². The van der Waals surface area contributed by atoms with Crippen LogP contribution < -0.4 is 4.74 Å². The summed E-state index contributed by atoms with van der Waals surface area (Å²) >= 11 is 0. The second-order valence-electron chi connectivity index (χ2n) is 3.42. The highest BCUT2D eigenvalue weighted by Gasteiger charge is 2.19. The van der Waals surface area contributed by atoms with E-state index in [2.05, 4.69) is 0 Å². The summed E-state index contributed by atoms with van der Waals surface area (Å²) in [6, 6.07) is 5.62. The number of hydrogen-bond donors (Lipinski definition) is 0. The van der Waals surface area contributed by atoms with Gasteiger partial charge in [0, 0.05) is 0 Å². The van der Waals surface area contributed by atoms with E-state index >= 15 is 0 Å². The lowest BCUT2D eigenvalue weighted by Crippen LogP contribution is -2.05. The van der Waals surface area contributed by atoms with Gasteiger partial charge in [0.05, 0.1) is 7.11 Å². The molecule has 0 amide bonds. The maximum atomic E-state index is 13.4. The first kappa shape index (κ1) is 8.54. The zero-order valence-corrected chi connectivity index (χ0v) is 7.72. The third-order valence-electron chi connectivity index (χ3n) is 2.59. The van der Waals surface area contributed by atoms with Crippen LogP contribution in [0.5, 0.6) is 5.75 Å². The van der Waals surface area contributed by atoms with Crippen molar-refractivity contribution in [2.75, 3.05) is 7.11 Å². The van der Waals surface area contributed by atoms with Crippen LogP contribution in [0.25, 0.3) is 0 Å². The number of methoxy groups -OCH3 is 1. The zero-order valence-electron chi connectivity index (χ0n) is 7.72. The molecule has 2 heteroatoms. The number of aryl methyl sites for hydroxylation is 1. The SMILES string of the molecule is COc1ccc2c(c1)CCCC2F. The van der Waals surface area contributed by atoms with Crippen LogP contribution in [0.15, 0.2) is 18.2 Å². The number of benzene rings is 1. The van der Waals surface area contributed by atoms with Crippen molar-refractivity contribution >= 4 is 0 Å². The lowest BCUT2D eigenvalue weighted by Gasteiger charge is -2.19. The van der Waals surface area contributed by atoms with Crippen LogP contribution in [-0.4, -0.2) is 7.11 Å². The normalized spacial score (nSPS) is 20.9. The van der Waals surface area contributed by atoms with Crippen LogP contribution in [0, 0.1) is 0 Å². The Hall–Kier alpha value is -1.05. The molecule has 2 rings (SSSR count). The van der Waals surface area contributed by atoms with Crippen molar-refractivity contribution in [3.8, 4) is 5.75 Å². The largest absolute Gasteiger partial charge is 0.497 e. The van der Waals surface area contributed by atoms with Gasteiger partial charge in [0.2, 0.25) is 0 Å². The molecule has 0 N–H and O–H groups in total. The molecular formula is C11H13FO. The third-order valence-corrected chi connectivity index (χ3v) is 2.59. The van der Waals surface area contributed by atoms with Gasteiger partial charge in [-0.1, -0.05) is 6.07 Å². The van der Waals surface area contributed by atoms with E-state index in [1.54, 1.807) is 7.11 Å². The Balaban J connectivity index is 2.39. The summed E-state index contributed by atoms with van der Waals surface area (Å²) in [5, 5.41) is 0. The van der Waals surface area contributed by atoms with Crippen molar-refractivity contribution < 1.29 is 9.13 Å². The highest BCUT2D eigenvalue weighted by atomic mass is 19.1. The molecule has 0 radical (unpaired) electrons. The van der Waals surface area contributed by atoms with E-state index in [-0.39, 0.29) is 0 Å². The molecule has 1 aromatic rings. The first-order chi connectivity index (χ1) is 6.31. The number of fused-ring (bicyclic) bond motifs is 1. The first-order valence-electron chi connectivity index (χ1n) is 4.62. The Bertz CT molecular complexity index is 309. The van der Waals surface area contributed by atoms with Gasteiger partial charge in [0.1, 0.15) is 11.9 Å². The van der Waals surface area contributed by atoms with Crippen LogP contribution in [0.1, 0.15) is 30.1 Å². The molecule has 1 atom stereocenters. The fraction of sp³-hybridized carbons (Fsp3) is 0.455. The lowest BCUT2D eigenvalue weighted by atomic mass is 9.90. The van der Waals surface area contributed by atoms with Crippen molar-refractivity contribution in [3.05, 3.63) is 29.3 Å². The summed E-state index contributed by atoms with van der Waals surface area (Å²) in [5.41, 5.74) is 1.96. The van der Waals surface area contributed by atoms with Crippen molar-refractivity contribution in [3.63, 3.8) is 0 Å². The van der Waals surface area contributed by atoms with Gasteiger partial charge in [-0.15, -0.1) is 0 Å². The zero-order chi connectivity index (χ0) is 9.26. The lowest BCUT2D eigenvalue weighted by molar-refractivity contribution is 0.301. The number of hydrogen-bond acceptors (Lipinski definition) is 1. The summed E-state index contributed by atoms with van der Waals surface area (Å²) in [6.07, 6.45) is 1.82. The molecule has 0 aromatic heterocycles. The first-order valence-corrected chi connectivity index (χ1v) is 4.62. The molecule has 0 heterocycles. The van der Waals surface area contributed by atoms with Crippen LogP contribution in [-0.2, 0) is 6.42 Å². The van der Waals surface area contributed by atoms with E-state index in [4.69, 9.17) is 4.74 Å². The topological polar surface area (TPSA) is 9.23 Å². The van der Waals surface area contributed by atoms with E-state index < -0.39 is 6.17 Å². The predicted molar refractivity (Wildman–Crippen MR) is 49.8 cm³/mol. The van der Waals surface area contributed by atoms with Gasteiger partial charge in [-0.2, -0.15) is 0 Å². The summed E-state index contributed by atoms with van der Waals surface area (Å²) < 4.78 is 18.5. The van der Waals surface area contributed by atoms with Gasteiger partial charge >= 0.3 is 0 Å². The van der Waals surface area contributed by atoms with Crippen LogP contribution in [0.4, 0.5) is 4.39 Å². The Morgan fingerprint density at radius 1 is 1.46 bits per heavy atom. The minimum atomic E-state index is -0.769. The quantitative estimate of drug-likeness (QED) is 0.645. The number of ether oxygens (including phenoxy) is 1. The summed E-state index contributed by atoms with van der Waals surface area (Å²) in [5.74, 6) is 0.827.